The molecule has 5 heteroatoms. The third-order valence-electron chi connectivity index (χ3n) is 1.98. The van der Waals surface area contributed by atoms with E-state index < -0.39 is 12.3 Å². The summed E-state index contributed by atoms with van der Waals surface area (Å²) in [7, 11) is 0. The van der Waals surface area contributed by atoms with E-state index in [9.17, 15) is 9.18 Å². The molecule has 0 aromatic carbocycles. The first-order valence-corrected chi connectivity index (χ1v) is 5.13. The van der Waals surface area contributed by atoms with Crippen molar-refractivity contribution in [3.8, 4) is 0 Å². The van der Waals surface area contributed by atoms with E-state index in [0.29, 0.717) is 0 Å². The van der Waals surface area contributed by atoms with Crippen LogP contribution in [-0.4, -0.2) is 43.0 Å². The Balaban J connectivity index is 3.72. The number of carbonyl (C=O) groups is 1. The van der Waals surface area contributed by atoms with Crippen molar-refractivity contribution in [1.82, 2.24) is 5.32 Å². The van der Waals surface area contributed by atoms with Gasteiger partial charge in [-0.25, -0.2) is 4.39 Å². The van der Waals surface area contributed by atoms with Gasteiger partial charge < -0.3 is 15.2 Å². The summed E-state index contributed by atoms with van der Waals surface area (Å²) < 4.78 is 18.3. The van der Waals surface area contributed by atoms with Crippen LogP contribution in [0.5, 0.6) is 0 Å². The average molecular weight is 221 g/mol. The van der Waals surface area contributed by atoms with Crippen LogP contribution in [0.1, 0.15) is 20.8 Å². The molecule has 0 aliphatic rings. The number of rotatable bonds is 7. The number of carbonyl (C=O) groups excluding carboxylic acids is 1. The van der Waals surface area contributed by atoms with Crippen molar-refractivity contribution in [3.63, 3.8) is 0 Å². The van der Waals surface area contributed by atoms with Crippen molar-refractivity contribution in [3.05, 3.63) is 0 Å². The van der Waals surface area contributed by atoms with Gasteiger partial charge in [0, 0.05) is 5.92 Å². The van der Waals surface area contributed by atoms with E-state index in [0.717, 1.165) is 0 Å². The van der Waals surface area contributed by atoms with E-state index in [2.05, 4.69) is 5.32 Å². The number of ether oxygens (including phenoxy) is 1. The van der Waals surface area contributed by atoms with Crippen molar-refractivity contribution >= 4 is 5.91 Å². The summed E-state index contributed by atoms with van der Waals surface area (Å²) in [6.45, 7) is 4.99. The first-order valence-electron chi connectivity index (χ1n) is 5.13. The number of alkyl halides is 1. The van der Waals surface area contributed by atoms with E-state index in [4.69, 9.17) is 9.84 Å². The molecule has 0 heterocycles. The first kappa shape index (κ1) is 14.3. The molecule has 2 atom stereocenters. The minimum absolute atomic E-state index is 0.0520. The Hall–Kier alpha value is -0.680. The molecule has 0 aromatic rings. The van der Waals surface area contributed by atoms with Gasteiger partial charge in [0.2, 0.25) is 5.91 Å². The first-order chi connectivity index (χ1) is 6.99. The molecule has 0 fully saturated rings. The number of amides is 1. The summed E-state index contributed by atoms with van der Waals surface area (Å²) in [5.74, 6) is -0.321. The third-order valence-corrected chi connectivity index (χ3v) is 1.98. The lowest BCUT2D eigenvalue weighted by molar-refractivity contribution is -0.124. The molecule has 4 nitrogen and oxygen atoms in total. The zero-order valence-electron chi connectivity index (χ0n) is 9.50. The largest absolute Gasteiger partial charge is 0.394 e. The van der Waals surface area contributed by atoms with Gasteiger partial charge in [0.1, 0.15) is 6.17 Å². The maximum absolute atomic E-state index is 13.3. The van der Waals surface area contributed by atoms with Crippen molar-refractivity contribution in [1.29, 1.82) is 0 Å². The molecule has 0 aliphatic heterocycles. The second-order valence-electron chi connectivity index (χ2n) is 3.72. The number of aliphatic hydroxyl groups excluding tert-OH is 1. The summed E-state index contributed by atoms with van der Waals surface area (Å²) >= 11 is 0. The Morgan fingerprint density at radius 2 is 2.07 bits per heavy atom. The van der Waals surface area contributed by atoms with Crippen LogP contribution < -0.4 is 5.32 Å². The second kappa shape index (κ2) is 7.59. The number of hydrogen-bond donors (Lipinski definition) is 2. The number of nitrogens with one attached hydrogen (secondary N) is 1. The van der Waals surface area contributed by atoms with Crippen LogP contribution in [0.15, 0.2) is 0 Å². The van der Waals surface area contributed by atoms with E-state index in [1.807, 2.05) is 0 Å². The minimum Gasteiger partial charge on any atom is -0.394 e. The molecule has 0 aromatic heterocycles. The molecule has 0 radical (unpaired) electrons. The second-order valence-corrected chi connectivity index (χ2v) is 3.72. The van der Waals surface area contributed by atoms with Gasteiger partial charge in [0.25, 0.3) is 0 Å². The molecule has 0 spiro atoms. The molecule has 90 valence electrons. The Kier molecular flexibility index (Phi) is 7.25. The molecule has 1 amide bonds. The minimum atomic E-state index is -1.25. The van der Waals surface area contributed by atoms with Crippen molar-refractivity contribution in [2.45, 2.75) is 33.0 Å². The molecule has 0 saturated heterocycles. The molecule has 0 bridgehead atoms. The molecule has 2 unspecified atom stereocenters. The lowest BCUT2D eigenvalue weighted by atomic mass is 10.2. The summed E-state index contributed by atoms with van der Waals surface area (Å²) in [5.41, 5.74) is 0. The maximum atomic E-state index is 13.3. The smallest absolute Gasteiger partial charge is 0.222 e. The van der Waals surface area contributed by atoms with Crippen LogP contribution in [0, 0.1) is 5.92 Å². The fourth-order valence-electron chi connectivity index (χ4n) is 0.911. The Morgan fingerprint density at radius 1 is 1.47 bits per heavy atom. The SMILES string of the molecule is CC(C)C(=O)NCC(F)C(C)OCCO. The summed E-state index contributed by atoms with van der Waals surface area (Å²) in [6, 6.07) is 0. The lowest BCUT2D eigenvalue weighted by Gasteiger charge is -2.18. The van der Waals surface area contributed by atoms with E-state index in [1.165, 1.54) is 0 Å². The Bertz CT molecular complexity index is 188. The predicted octanol–water partition coefficient (Wildman–Crippen LogP) is 0.494. The van der Waals surface area contributed by atoms with Gasteiger partial charge in [0.05, 0.1) is 25.9 Å². The summed E-state index contributed by atoms with van der Waals surface area (Å²) in [5, 5.41) is 11.0. The van der Waals surface area contributed by atoms with Crippen molar-refractivity contribution in [2.75, 3.05) is 19.8 Å². The average Bonchev–Trinajstić information content (AvgIpc) is 2.21. The van der Waals surface area contributed by atoms with Crippen LogP contribution in [0.2, 0.25) is 0 Å². The lowest BCUT2D eigenvalue weighted by Crippen LogP contribution is -2.38. The number of halogens is 1. The highest BCUT2D eigenvalue weighted by molar-refractivity contribution is 5.77. The van der Waals surface area contributed by atoms with Gasteiger partial charge in [-0.2, -0.15) is 0 Å². The zero-order valence-corrected chi connectivity index (χ0v) is 9.50. The van der Waals surface area contributed by atoms with Gasteiger partial charge >= 0.3 is 0 Å². The topological polar surface area (TPSA) is 58.6 Å². The predicted molar refractivity (Wildman–Crippen MR) is 55.2 cm³/mol. The molecule has 0 saturated carbocycles. The maximum Gasteiger partial charge on any atom is 0.222 e. The molecule has 15 heavy (non-hydrogen) atoms. The summed E-state index contributed by atoms with van der Waals surface area (Å²) in [4.78, 5) is 11.1. The third kappa shape index (κ3) is 6.41. The Labute approximate surface area is 89.8 Å². The quantitative estimate of drug-likeness (QED) is 0.658. The highest BCUT2D eigenvalue weighted by atomic mass is 19.1. The fraction of sp³-hybridized carbons (Fsp3) is 0.900. The van der Waals surface area contributed by atoms with Crippen LogP contribution in [0.25, 0.3) is 0 Å². The van der Waals surface area contributed by atoms with Crippen LogP contribution >= 0.6 is 0 Å². The molecular weight excluding hydrogens is 201 g/mol. The van der Waals surface area contributed by atoms with Gasteiger partial charge in [0.15, 0.2) is 0 Å². The standard InChI is InChI=1S/C10H20FNO3/c1-7(2)10(14)12-6-9(11)8(3)15-5-4-13/h7-9,13H,4-6H2,1-3H3,(H,12,14). The molecule has 0 aliphatic carbocycles. The van der Waals surface area contributed by atoms with E-state index in [-0.39, 0.29) is 31.6 Å². The monoisotopic (exact) mass is 221 g/mol. The van der Waals surface area contributed by atoms with E-state index in [1.54, 1.807) is 20.8 Å². The van der Waals surface area contributed by atoms with E-state index >= 15 is 0 Å². The van der Waals surface area contributed by atoms with Gasteiger partial charge in [-0.15, -0.1) is 0 Å². The zero-order chi connectivity index (χ0) is 11.8. The summed E-state index contributed by atoms with van der Waals surface area (Å²) in [6.07, 6.45) is -1.87. The number of aliphatic hydroxyl groups is 1. The van der Waals surface area contributed by atoms with Gasteiger partial charge in [-0.3, -0.25) is 4.79 Å². The van der Waals surface area contributed by atoms with Crippen LogP contribution in [-0.2, 0) is 9.53 Å². The fourth-order valence-corrected chi connectivity index (χ4v) is 0.911. The van der Waals surface area contributed by atoms with Crippen LogP contribution in [0.4, 0.5) is 4.39 Å². The van der Waals surface area contributed by atoms with Gasteiger partial charge in [-0.1, -0.05) is 13.8 Å². The molecule has 2 N–H and O–H groups in total. The normalized spacial score (nSPS) is 15.1. The van der Waals surface area contributed by atoms with Gasteiger partial charge in [-0.05, 0) is 6.92 Å². The number of hydrogen-bond acceptors (Lipinski definition) is 3. The highest BCUT2D eigenvalue weighted by Gasteiger charge is 2.18. The molecular formula is C10H20FNO3. The van der Waals surface area contributed by atoms with Crippen molar-refractivity contribution < 1.29 is 19.0 Å². The highest BCUT2D eigenvalue weighted by Crippen LogP contribution is 2.02. The molecule has 0 rings (SSSR count). The van der Waals surface area contributed by atoms with Crippen LogP contribution in [0.3, 0.4) is 0 Å². The van der Waals surface area contributed by atoms with Crippen molar-refractivity contribution in [2.24, 2.45) is 5.92 Å². The Morgan fingerprint density at radius 3 is 2.53 bits per heavy atom.